The smallest absolute Gasteiger partial charge is 0.407 e. The van der Waals surface area contributed by atoms with Gasteiger partial charge in [-0.2, -0.15) is 5.10 Å². The van der Waals surface area contributed by atoms with E-state index < -0.39 is 6.09 Å². The summed E-state index contributed by atoms with van der Waals surface area (Å²) in [6, 6.07) is 1.62. The Morgan fingerprint density at radius 3 is 2.65 bits per heavy atom. The molecule has 3 aromatic heterocycles. The van der Waals surface area contributed by atoms with Gasteiger partial charge in [-0.15, -0.1) is 11.3 Å². The largest absolute Gasteiger partial charge is 0.465 e. The number of amides is 2. The summed E-state index contributed by atoms with van der Waals surface area (Å²) in [7, 11) is 0. The standard InChI is InChI=1S/C23H31N7O3S/c1-5-8-29(22(32)33)15-6-9-28(10-7-15)20(31)17-13-18(27-23(2,3)4)26-19(25-17)16-14-24-30-11-12-34-21(16)30/h11-15H,5-10H2,1-4H3,(H,32,33)(H,25,26,27). The van der Waals surface area contributed by atoms with Crippen LogP contribution in [0.25, 0.3) is 16.2 Å². The zero-order valence-electron chi connectivity index (χ0n) is 20.0. The minimum absolute atomic E-state index is 0.0693. The SMILES string of the molecule is CCCN(C(=O)O)C1CCN(C(=O)c2cc(NC(C)(C)C)nc(-c3cnn4ccsc34)n2)CC1. The molecule has 0 unspecified atom stereocenters. The molecule has 0 spiro atoms. The van der Waals surface area contributed by atoms with Crippen molar-refractivity contribution in [1.29, 1.82) is 0 Å². The predicted octanol–water partition coefficient (Wildman–Crippen LogP) is 4.06. The van der Waals surface area contributed by atoms with Crippen molar-refractivity contribution in [3.63, 3.8) is 0 Å². The molecule has 182 valence electrons. The highest BCUT2D eigenvalue weighted by molar-refractivity contribution is 7.16. The van der Waals surface area contributed by atoms with Crippen LogP contribution >= 0.6 is 11.3 Å². The van der Waals surface area contributed by atoms with Gasteiger partial charge in [-0.25, -0.2) is 19.3 Å². The summed E-state index contributed by atoms with van der Waals surface area (Å²) in [6.45, 7) is 9.54. The molecule has 1 aliphatic rings. The fraction of sp³-hybridized carbons (Fsp3) is 0.522. The Labute approximate surface area is 202 Å². The number of aromatic nitrogens is 4. The number of rotatable bonds is 6. The average molecular weight is 486 g/mol. The van der Waals surface area contributed by atoms with E-state index in [1.807, 2.05) is 39.3 Å². The molecule has 4 rings (SSSR count). The second kappa shape index (κ2) is 9.57. The lowest BCUT2D eigenvalue weighted by atomic mass is 10.0. The Bertz CT molecular complexity index is 1170. The van der Waals surface area contributed by atoms with Gasteiger partial charge >= 0.3 is 6.09 Å². The van der Waals surface area contributed by atoms with Crippen LogP contribution in [0, 0.1) is 0 Å². The molecule has 0 saturated carbocycles. The molecule has 2 N–H and O–H groups in total. The highest BCUT2D eigenvalue weighted by Crippen LogP contribution is 2.28. The van der Waals surface area contributed by atoms with E-state index in [0.29, 0.717) is 49.8 Å². The summed E-state index contributed by atoms with van der Waals surface area (Å²) < 4.78 is 1.77. The van der Waals surface area contributed by atoms with Crippen molar-refractivity contribution in [2.75, 3.05) is 25.0 Å². The summed E-state index contributed by atoms with van der Waals surface area (Å²) in [6.07, 6.45) is 4.69. The van der Waals surface area contributed by atoms with E-state index >= 15 is 0 Å². The highest BCUT2D eigenvalue weighted by Gasteiger charge is 2.30. The highest BCUT2D eigenvalue weighted by atomic mass is 32.1. The number of hydrogen-bond acceptors (Lipinski definition) is 7. The molecular formula is C23H31N7O3S. The van der Waals surface area contributed by atoms with Crippen molar-refractivity contribution >= 4 is 34.0 Å². The van der Waals surface area contributed by atoms with E-state index in [-0.39, 0.29) is 17.5 Å². The lowest BCUT2D eigenvalue weighted by Gasteiger charge is -2.37. The number of hydrogen-bond donors (Lipinski definition) is 2. The summed E-state index contributed by atoms with van der Waals surface area (Å²) in [5.74, 6) is 0.850. The van der Waals surface area contributed by atoms with Gasteiger partial charge in [0.15, 0.2) is 5.82 Å². The van der Waals surface area contributed by atoms with Gasteiger partial charge in [-0.05, 0) is 40.0 Å². The minimum Gasteiger partial charge on any atom is -0.465 e. The number of nitrogens with one attached hydrogen (secondary N) is 1. The maximum absolute atomic E-state index is 13.4. The van der Waals surface area contributed by atoms with Crippen LogP contribution in [0.4, 0.5) is 10.6 Å². The molecule has 0 aromatic carbocycles. The Morgan fingerprint density at radius 2 is 2.00 bits per heavy atom. The van der Waals surface area contributed by atoms with Gasteiger partial charge < -0.3 is 20.2 Å². The Morgan fingerprint density at radius 1 is 1.26 bits per heavy atom. The molecule has 4 heterocycles. The summed E-state index contributed by atoms with van der Waals surface area (Å²) in [5, 5.41) is 19.2. The van der Waals surface area contributed by atoms with Crippen LogP contribution in [0.5, 0.6) is 0 Å². The molecule has 34 heavy (non-hydrogen) atoms. The maximum atomic E-state index is 13.4. The number of nitrogens with zero attached hydrogens (tertiary/aromatic N) is 6. The van der Waals surface area contributed by atoms with E-state index in [1.54, 1.807) is 21.7 Å². The van der Waals surface area contributed by atoms with Crippen molar-refractivity contribution in [3.05, 3.63) is 29.5 Å². The molecule has 1 saturated heterocycles. The van der Waals surface area contributed by atoms with Crippen LogP contribution in [-0.2, 0) is 0 Å². The van der Waals surface area contributed by atoms with Gasteiger partial charge in [0.2, 0.25) is 0 Å². The van der Waals surface area contributed by atoms with Crippen molar-refractivity contribution in [2.24, 2.45) is 0 Å². The fourth-order valence-electron chi connectivity index (χ4n) is 4.22. The number of carbonyl (C=O) groups excluding carboxylic acids is 1. The molecular weight excluding hydrogens is 454 g/mol. The lowest BCUT2D eigenvalue weighted by Crippen LogP contribution is -2.48. The third-order valence-corrected chi connectivity index (χ3v) is 6.61. The molecule has 10 nitrogen and oxygen atoms in total. The van der Waals surface area contributed by atoms with E-state index in [0.717, 1.165) is 16.8 Å². The number of piperidine rings is 1. The first-order valence-electron chi connectivity index (χ1n) is 11.5. The van der Waals surface area contributed by atoms with Crippen molar-refractivity contribution in [2.45, 2.75) is 58.5 Å². The summed E-state index contributed by atoms with van der Waals surface area (Å²) >= 11 is 1.54. The van der Waals surface area contributed by atoms with Crippen LogP contribution in [0.2, 0.25) is 0 Å². The second-order valence-corrected chi connectivity index (χ2v) is 10.4. The maximum Gasteiger partial charge on any atom is 0.407 e. The number of fused-ring (bicyclic) bond motifs is 1. The normalized spacial score (nSPS) is 15.0. The van der Waals surface area contributed by atoms with E-state index in [9.17, 15) is 14.7 Å². The van der Waals surface area contributed by atoms with Gasteiger partial charge in [-0.3, -0.25) is 4.79 Å². The van der Waals surface area contributed by atoms with Crippen LogP contribution < -0.4 is 5.32 Å². The monoisotopic (exact) mass is 485 g/mol. The quantitative estimate of drug-likeness (QED) is 0.541. The Kier molecular flexibility index (Phi) is 6.74. The number of anilines is 1. The Hall–Kier alpha value is -3.21. The first kappa shape index (κ1) is 23.9. The zero-order valence-corrected chi connectivity index (χ0v) is 20.8. The van der Waals surface area contributed by atoms with Crippen molar-refractivity contribution < 1.29 is 14.7 Å². The molecule has 0 atom stereocenters. The van der Waals surface area contributed by atoms with Crippen LogP contribution in [0.3, 0.4) is 0 Å². The third kappa shape index (κ3) is 5.14. The van der Waals surface area contributed by atoms with E-state index in [4.69, 9.17) is 0 Å². The van der Waals surface area contributed by atoms with Gasteiger partial charge in [0.1, 0.15) is 16.3 Å². The van der Waals surface area contributed by atoms with E-state index in [1.165, 1.54) is 16.2 Å². The first-order valence-corrected chi connectivity index (χ1v) is 12.4. The summed E-state index contributed by atoms with van der Waals surface area (Å²) in [5.41, 5.74) is 0.841. The molecule has 0 radical (unpaired) electrons. The summed E-state index contributed by atoms with van der Waals surface area (Å²) in [4.78, 5) is 38.6. The van der Waals surface area contributed by atoms with Crippen molar-refractivity contribution in [3.8, 4) is 11.4 Å². The van der Waals surface area contributed by atoms with Gasteiger partial charge in [-0.1, -0.05) is 6.92 Å². The Balaban J connectivity index is 1.59. The van der Waals surface area contributed by atoms with Crippen LogP contribution in [0.15, 0.2) is 23.8 Å². The zero-order chi connectivity index (χ0) is 24.5. The van der Waals surface area contributed by atoms with Crippen molar-refractivity contribution in [1.82, 2.24) is 29.4 Å². The topological polar surface area (TPSA) is 116 Å². The van der Waals surface area contributed by atoms with Crippen LogP contribution in [0.1, 0.15) is 57.4 Å². The number of thiazole rings is 1. The van der Waals surface area contributed by atoms with Gasteiger partial charge in [0.05, 0.1) is 11.8 Å². The minimum atomic E-state index is -0.897. The van der Waals surface area contributed by atoms with Crippen LogP contribution in [-0.4, -0.2) is 77.7 Å². The third-order valence-electron chi connectivity index (χ3n) is 5.72. The molecule has 0 bridgehead atoms. The molecule has 11 heteroatoms. The molecule has 1 aliphatic heterocycles. The predicted molar refractivity (Wildman–Crippen MR) is 131 cm³/mol. The molecule has 2 amide bonds. The molecule has 3 aromatic rings. The molecule has 0 aliphatic carbocycles. The average Bonchev–Trinajstić information content (AvgIpc) is 3.39. The molecule has 1 fully saturated rings. The van der Waals surface area contributed by atoms with E-state index in [2.05, 4.69) is 20.4 Å². The van der Waals surface area contributed by atoms with Gasteiger partial charge in [0, 0.05) is 48.9 Å². The first-order chi connectivity index (χ1) is 16.2. The van der Waals surface area contributed by atoms with Gasteiger partial charge in [0.25, 0.3) is 5.91 Å². The lowest BCUT2D eigenvalue weighted by molar-refractivity contribution is 0.0610. The fourth-order valence-corrected chi connectivity index (χ4v) is 5.02. The second-order valence-electron chi connectivity index (χ2n) is 9.55. The number of carboxylic acid groups (broad SMARTS) is 1. The number of likely N-dealkylation sites (tertiary alicyclic amines) is 1. The number of carbonyl (C=O) groups is 2.